The Hall–Kier alpha value is -1.75. The summed E-state index contributed by atoms with van der Waals surface area (Å²) in [6.07, 6.45) is 4.01. The molecule has 0 aliphatic heterocycles. The van der Waals surface area contributed by atoms with Gasteiger partial charge in [-0.1, -0.05) is 31.3 Å². The first-order valence-electron chi connectivity index (χ1n) is 11.4. The summed E-state index contributed by atoms with van der Waals surface area (Å²) >= 11 is 0. The highest BCUT2D eigenvalue weighted by atomic mass is 16.5. The molecule has 1 atom stereocenters. The van der Waals surface area contributed by atoms with Gasteiger partial charge in [-0.2, -0.15) is 0 Å². The topological polar surface area (TPSA) is 62.8 Å². The minimum Gasteiger partial charge on any atom is -0.378 e. The number of carbonyl (C=O) groups is 1. The summed E-state index contributed by atoms with van der Waals surface area (Å²) in [6.45, 7) is 10.3. The Kier molecular flexibility index (Phi) is 15.7. The Morgan fingerprint density at radius 1 is 1.13 bits per heavy atom. The number of hydrogen-bond donors (Lipinski definition) is 2. The number of nitrogens with zero attached hydrogens (tertiary/aromatic N) is 1. The molecular weight excluding hydrogens is 390 g/mol. The first-order chi connectivity index (χ1) is 15.1. The fraction of sp³-hybridized carbons (Fsp3) is 0.640. The van der Waals surface area contributed by atoms with Gasteiger partial charge in [-0.05, 0) is 45.1 Å². The third kappa shape index (κ3) is 12.6. The van der Waals surface area contributed by atoms with Crippen LogP contribution in [0, 0.1) is 11.8 Å². The highest BCUT2D eigenvalue weighted by molar-refractivity contribution is 5.77. The summed E-state index contributed by atoms with van der Waals surface area (Å²) in [6, 6.07) is 6.34. The van der Waals surface area contributed by atoms with Crippen molar-refractivity contribution in [3.63, 3.8) is 0 Å². The maximum atomic E-state index is 11.4. The highest BCUT2D eigenvalue weighted by Gasteiger charge is 2.11. The summed E-state index contributed by atoms with van der Waals surface area (Å²) in [5.41, 5.74) is 2.74. The van der Waals surface area contributed by atoms with Gasteiger partial charge >= 0.3 is 0 Å². The standard InChI is InChI=1S/C25H41N3O3/c1-5-8-22(2)28(4)20-25-19-23(10-11-24(25)21-29)9-6-7-12-27-14-16-31-18-17-30-15-13-26-3/h10-11,19,21-22,26-27H,5,7-8,12-18,20H2,1-4H3. The van der Waals surface area contributed by atoms with E-state index in [0.717, 1.165) is 68.4 Å². The van der Waals surface area contributed by atoms with Gasteiger partial charge in [-0.3, -0.25) is 9.69 Å². The number of aldehydes is 1. The van der Waals surface area contributed by atoms with Crippen LogP contribution in [-0.4, -0.2) is 77.4 Å². The predicted octanol–water partition coefficient (Wildman–Crippen LogP) is 2.70. The average molecular weight is 432 g/mol. The number of likely N-dealkylation sites (N-methyl/N-ethyl adjacent to an activating group) is 1. The smallest absolute Gasteiger partial charge is 0.150 e. The minimum absolute atomic E-state index is 0.486. The Labute approximate surface area is 189 Å². The molecule has 2 N–H and O–H groups in total. The van der Waals surface area contributed by atoms with E-state index in [2.05, 4.69) is 48.3 Å². The van der Waals surface area contributed by atoms with Gasteiger partial charge in [0.05, 0.1) is 26.4 Å². The van der Waals surface area contributed by atoms with Crippen LogP contribution in [-0.2, 0) is 16.0 Å². The molecule has 0 heterocycles. The lowest BCUT2D eigenvalue weighted by Gasteiger charge is -2.25. The number of carbonyl (C=O) groups excluding carboxylic acids is 1. The zero-order valence-corrected chi connectivity index (χ0v) is 19.8. The van der Waals surface area contributed by atoms with E-state index in [4.69, 9.17) is 9.47 Å². The van der Waals surface area contributed by atoms with Crippen molar-refractivity contribution < 1.29 is 14.3 Å². The molecule has 0 spiro atoms. The second-order valence-corrected chi connectivity index (χ2v) is 7.71. The Morgan fingerprint density at radius 3 is 2.55 bits per heavy atom. The number of hydrogen-bond acceptors (Lipinski definition) is 6. The lowest BCUT2D eigenvalue weighted by atomic mass is 10.0. The fourth-order valence-corrected chi connectivity index (χ4v) is 3.08. The molecule has 0 aromatic heterocycles. The first-order valence-corrected chi connectivity index (χ1v) is 11.4. The van der Waals surface area contributed by atoms with Crippen molar-refractivity contribution in [1.82, 2.24) is 15.5 Å². The van der Waals surface area contributed by atoms with Crippen LogP contribution in [0.1, 0.15) is 54.6 Å². The van der Waals surface area contributed by atoms with Crippen molar-refractivity contribution in [3.05, 3.63) is 34.9 Å². The molecule has 0 amide bonds. The minimum atomic E-state index is 0.486. The summed E-state index contributed by atoms with van der Waals surface area (Å²) in [5, 5.41) is 6.37. The van der Waals surface area contributed by atoms with Crippen molar-refractivity contribution in [3.8, 4) is 11.8 Å². The van der Waals surface area contributed by atoms with Crippen molar-refractivity contribution in [2.45, 2.75) is 45.7 Å². The lowest BCUT2D eigenvalue weighted by Crippen LogP contribution is -2.28. The normalized spacial score (nSPS) is 11.9. The zero-order valence-electron chi connectivity index (χ0n) is 19.8. The van der Waals surface area contributed by atoms with E-state index in [1.807, 2.05) is 25.2 Å². The molecular formula is C25H41N3O3. The second kappa shape index (κ2) is 17.9. The summed E-state index contributed by atoms with van der Waals surface area (Å²) < 4.78 is 10.9. The van der Waals surface area contributed by atoms with Crippen LogP contribution in [0.25, 0.3) is 0 Å². The molecule has 31 heavy (non-hydrogen) atoms. The van der Waals surface area contributed by atoms with Gasteiger partial charge in [0.2, 0.25) is 0 Å². The molecule has 0 saturated carbocycles. The SMILES string of the molecule is CCCC(C)N(C)Cc1cc(C#CCCNCCOCCOCCNC)ccc1C=O. The molecule has 1 aromatic carbocycles. The molecule has 0 saturated heterocycles. The van der Waals surface area contributed by atoms with E-state index < -0.39 is 0 Å². The maximum Gasteiger partial charge on any atom is 0.150 e. The largest absolute Gasteiger partial charge is 0.378 e. The molecule has 0 aliphatic carbocycles. The molecule has 0 fully saturated rings. The molecule has 0 aliphatic rings. The predicted molar refractivity (Wildman–Crippen MR) is 128 cm³/mol. The average Bonchev–Trinajstić information content (AvgIpc) is 2.77. The van der Waals surface area contributed by atoms with E-state index in [1.165, 1.54) is 0 Å². The fourth-order valence-electron chi connectivity index (χ4n) is 3.08. The number of nitrogens with one attached hydrogen (secondary N) is 2. The van der Waals surface area contributed by atoms with E-state index in [1.54, 1.807) is 0 Å². The highest BCUT2D eigenvalue weighted by Crippen LogP contribution is 2.15. The molecule has 1 rings (SSSR count). The third-order valence-corrected chi connectivity index (χ3v) is 5.10. The summed E-state index contributed by atoms with van der Waals surface area (Å²) in [7, 11) is 4.02. The van der Waals surface area contributed by atoms with Gasteiger partial charge in [0.15, 0.2) is 0 Å². The van der Waals surface area contributed by atoms with Crippen molar-refractivity contribution in [2.75, 3.05) is 60.2 Å². The first kappa shape index (κ1) is 27.3. The molecule has 6 nitrogen and oxygen atoms in total. The Bertz CT molecular complexity index is 670. The van der Waals surface area contributed by atoms with E-state index in [-0.39, 0.29) is 0 Å². The van der Waals surface area contributed by atoms with Gasteiger partial charge in [-0.15, -0.1) is 0 Å². The van der Waals surface area contributed by atoms with Gasteiger partial charge in [-0.25, -0.2) is 0 Å². The van der Waals surface area contributed by atoms with Crippen LogP contribution < -0.4 is 10.6 Å². The quantitative estimate of drug-likeness (QED) is 0.225. The van der Waals surface area contributed by atoms with Crippen molar-refractivity contribution >= 4 is 6.29 Å². The van der Waals surface area contributed by atoms with Gasteiger partial charge < -0.3 is 20.1 Å². The third-order valence-electron chi connectivity index (χ3n) is 5.10. The van der Waals surface area contributed by atoms with E-state index >= 15 is 0 Å². The maximum absolute atomic E-state index is 11.4. The van der Waals surface area contributed by atoms with Crippen LogP contribution in [0.5, 0.6) is 0 Å². The number of rotatable bonds is 17. The molecule has 174 valence electrons. The summed E-state index contributed by atoms with van der Waals surface area (Å²) in [4.78, 5) is 13.7. The Balaban J connectivity index is 2.32. The van der Waals surface area contributed by atoms with Crippen molar-refractivity contribution in [2.24, 2.45) is 0 Å². The van der Waals surface area contributed by atoms with Crippen LogP contribution >= 0.6 is 0 Å². The zero-order chi connectivity index (χ0) is 22.7. The monoisotopic (exact) mass is 431 g/mol. The molecule has 0 radical (unpaired) electrons. The summed E-state index contributed by atoms with van der Waals surface area (Å²) in [5.74, 6) is 6.43. The van der Waals surface area contributed by atoms with Gasteiger partial charge in [0.1, 0.15) is 6.29 Å². The van der Waals surface area contributed by atoms with Crippen LogP contribution in [0.3, 0.4) is 0 Å². The molecule has 0 bridgehead atoms. The van der Waals surface area contributed by atoms with Gasteiger partial charge in [0, 0.05) is 49.8 Å². The van der Waals surface area contributed by atoms with Crippen LogP contribution in [0.4, 0.5) is 0 Å². The van der Waals surface area contributed by atoms with E-state index in [9.17, 15) is 4.79 Å². The van der Waals surface area contributed by atoms with Crippen molar-refractivity contribution in [1.29, 1.82) is 0 Å². The number of ether oxygens (including phenoxy) is 2. The van der Waals surface area contributed by atoms with Crippen LogP contribution in [0.2, 0.25) is 0 Å². The molecule has 6 heteroatoms. The van der Waals surface area contributed by atoms with Crippen LogP contribution in [0.15, 0.2) is 18.2 Å². The number of benzene rings is 1. The molecule has 1 unspecified atom stereocenters. The van der Waals surface area contributed by atoms with E-state index in [0.29, 0.717) is 32.5 Å². The Morgan fingerprint density at radius 2 is 1.87 bits per heavy atom. The molecule has 1 aromatic rings. The van der Waals surface area contributed by atoms with Gasteiger partial charge in [0.25, 0.3) is 0 Å². The lowest BCUT2D eigenvalue weighted by molar-refractivity contribution is 0.0504. The second-order valence-electron chi connectivity index (χ2n) is 7.71.